The number of carbonyl (C=O) groups excluding carboxylic acids is 3. The lowest BCUT2D eigenvalue weighted by Gasteiger charge is -2.41. The largest absolute Gasteiger partial charge is 0.467 e. The van der Waals surface area contributed by atoms with Gasteiger partial charge in [0.25, 0.3) is 0 Å². The molecule has 1 saturated heterocycles. The van der Waals surface area contributed by atoms with E-state index in [4.69, 9.17) is 9.84 Å². The van der Waals surface area contributed by atoms with Crippen LogP contribution in [0.5, 0.6) is 0 Å². The highest BCUT2D eigenvalue weighted by atomic mass is 16.6. The van der Waals surface area contributed by atoms with E-state index in [9.17, 15) is 29.7 Å². The lowest BCUT2D eigenvalue weighted by atomic mass is 9.90. The number of nitrogens with one attached hydrogen (secondary N) is 1. The molecule has 0 aromatic rings. The molecular formula is C15H25NO9. The van der Waals surface area contributed by atoms with E-state index in [0.29, 0.717) is 0 Å². The monoisotopic (exact) mass is 363 g/mol. The van der Waals surface area contributed by atoms with Crippen molar-refractivity contribution >= 4 is 17.7 Å². The molecule has 1 amide bonds. The predicted octanol–water partition coefficient (Wildman–Crippen LogP) is -2.75. The minimum Gasteiger partial charge on any atom is -0.467 e. The topological polar surface area (TPSA) is 163 Å². The van der Waals surface area contributed by atoms with Gasteiger partial charge in [0, 0.05) is 19.3 Å². The first-order valence-corrected chi connectivity index (χ1v) is 7.88. The average Bonchev–Trinajstić information content (AvgIpc) is 2.59. The molecule has 3 unspecified atom stereocenters. The summed E-state index contributed by atoms with van der Waals surface area (Å²) in [5, 5.41) is 41.5. The van der Waals surface area contributed by atoms with Crippen LogP contribution in [0.4, 0.5) is 0 Å². The van der Waals surface area contributed by atoms with Crippen LogP contribution in [0, 0.1) is 0 Å². The highest BCUT2D eigenvalue weighted by Gasteiger charge is 2.46. The Morgan fingerprint density at radius 3 is 2.44 bits per heavy atom. The first-order chi connectivity index (χ1) is 11.7. The lowest BCUT2D eigenvalue weighted by Crippen LogP contribution is -2.63. The van der Waals surface area contributed by atoms with E-state index in [0.717, 1.165) is 7.11 Å². The summed E-state index contributed by atoms with van der Waals surface area (Å²) in [6, 6.07) is -1.14. The molecule has 144 valence electrons. The van der Waals surface area contributed by atoms with Gasteiger partial charge < -0.3 is 40.0 Å². The Labute approximate surface area is 144 Å². The number of rotatable bonds is 8. The minimum absolute atomic E-state index is 0.00672. The summed E-state index contributed by atoms with van der Waals surface area (Å²) >= 11 is 0. The summed E-state index contributed by atoms with van der Waals surface area (Å²) in [6.45, 7) is 0.544. The van der Waals surface area contributed by atoms with Gasteiger partial charge in [-0.15, -0.1) is 0 Å². The summed E-state index contributed by atoms with van der Waals surface area (Å²) in [6.07, 6.45) is -7.42. The van der Waals surface area contributed by atoms with Crippen LogP contribution in [0.3, 0.4) is 0 Å². The van der Waals surface area contributed by atoms with E-state index < -0.39 is 55.0 Å². The van der Waals surface area contributed by atoms with Crippen molar-refractivity contribution in [2.75, 3.05) is 13.7 Å². The van der Waals surface area contributed by atoms with E-state index in [2.05, 4.69) is 10.1 Å². The van der Waals surface area contributed by atoms with Gasteiger partial charge in [0.1, 0.15) is 24.1 Å². The van der Waals surface area contributed by atoms with E-state index >= 15 is 0 Å². The highest BCUT2D eigenvalue weighted by Crippen LogP contribution is 2.25. The third-order valence-electron chi connectivity index (χ3n) is 3.96. The molecule has 5 N–H and O–H groups in total. The number of esters is 1. The van der Waals surface area contributed by atoms with Crippen LogP contribution in [0.15, 0.2) is 0 Å². The SMILES string of the molecule is COC(=O)C1CC(O)[C@@H](NC(=O)CCC(C)=O)C([C@H](O)[C@H](O)CO)O1. The van der Waals surface area contributed by atoms with Crippen LogP contribution in [0.1, 0.15) is 26.2 Å². The fraction of sp³-hybridized carbons (Fsp3) is 0.800. The van der Waals surface area contributed by atoms with Gasteiger partial charge in [-0.05, 0) is 6.92 Å². The van der Waals surface area contributed by atoms with Gasteiger partial charge in [-0.25, -0.2) is 4.79 Å². The summed E-state index contributed by atoms with van der Waals surface area (Å²) in [7, 11) is 1.13. The lowest BCUT2D eigenvalue weighted by molar-refractivity contribution is -0.197. The van der Waals surface area contributed by atoms with Gasteiger partial charge in [0.05, 0.1) is 25.9 Å². The molecule has 1 rings (SSSR count). The quantitative estimate of drug-likeness (QED) is 0.288. The van der Waals surface area contributed by atoms with E-state index in [1.54, 1.807) is 0 Å². The van der Waals surface area contributed by atoms with Crippen LogP contribution >= 0.6 is 0 Å². The van der Waals surface area contributed by atoms with Gasteiger partial charge in [0.2, 0.25) is 5.91 Å². The van der Waals surface area contributed by atoms with Crippen molar-refractivity contribution in [3.63, 3.8) is 0 Å². The molecule has 0 bridgehead atoms. The second kappa shape index (κ2) is 9.78. The molecule has 1 aliphatic heterocycles. The molecule has 10 nitrogen and oxygen atoms in total. The zero-order valence-electron chi connectivity index (χ0n) is 14.1. The first kappa shape index (κ1) is 21.5. The van der Waals surface area contributed by atoms with Crippen molar-refractivity contribution in [3.05, 3.63) is 0 Å². The Kier molecular flexibility index (Phi) is 8.39. The van der Waals surface area contributed by atoms with Crippen LogP contribution in [0.2, 0.25) is 0 Å². The number of amides is 1. The average molecular weight is 363 g/mol. The standard InChI is InChI=1S/C15H25NO9/c1-7(18)3-4-11(21)16-12-8(19)5-10(15(23)24-2)25-14(12)13(22)9(20)6-17/h8-10,12-14,17,19-20,22H,3-6H2,1-2H3,(H,16,21)/t8?,9-,10?,12-,13-,14?/m1/s1. The number of aliphatic hydroxyl groups is 4. The molecule has 6 atom stereocenters. The van der Waals surface area contributed by atoms with Crippen LogP contribution < -0.4 is 5.32 Å². The van der Waals surface area contributed by atoms with Gasteiger partial charge in [-0.2, -0.15) is 0 Å². The Morgan fingerprint density at radius 1 is 1.28 bits per heavy atom. The fourth-order valence-corrected chi connectivity index (χ4v) is 2.54. The summed E-state index contributed by atoms with van der Waals surface area (Å²) in [4.78, 5) is 34.5. The number of carbonyl (C=O) groups is 3. The number of Topliss-reactive ketones (excluding diaryl/α,β-unsaturated/α-hetero) is 1. The summed E-state index contributed by atoms with van der Waals surface area (Å²) in [5.41, 5.74) is 0. The van der Waals surface area contributed by atoms with Gasteiger partial charge in [-0.1, -0.05) is 0 Å². The molecule has 0 aliphatic carbocycles. The number of methoxy groups -OCH3 is 1. The maximum atomic E-state index is 11.9. The Bertz CT molecular complexity index is 484. The number of aliphatic hydroxyl groups excluding tert-OH is 4. The van der Waals surface area contributed by atoms with Crippen LogP contribution in [0.25, 0.3) is 0 Å². The zero-order valence-corrected chi connectivity index (χ0v) is 14.1. The summed E-state index contributed by atoms with van der Waals surface area (Å²) < 4.78 is 9.94. The molecule has 10 heteroatoms. The maximum Gasteiger partial charge on any atom is 0.335 e. The Hall–Kier alpha value is -1.59. The fourth-order valence-electron chi connectivity index (χ4n) is 2.54. The van der Waals surface area contributed by atoms with E-state index in [1.165, 1.54) is 6.92 Å². The molecular weight excluding hydrogens is 338 g/mol. The predicted molar refractivity (Wildman–Crippen MR) is 82.2 cm³/mol. The van der Waals surface area contributed by atoms with Crippen molar-refractivity contribution in [2.24, 2.45) is 0 Å². The Balaban J connectivity index is 2.91. The number of ether oxygens (including phenoxy) is 2. The second-order valence-corrected chi connectivity index (χ2v) is 5.95. The summed E-state index contributed by atoms with van der Waals surface area (Å²) in [5.74, 6) is -1.53. The van der Waals surface area contributed by atoms with Gasteiger partial charge in [-0.3, -0.25) is 4.79 Å². The molecule has 1 fully saturated rings. The van der Waals surface area contributed by atoms with Gasteiger partial charge >= 0.3 is 5.97 Å². The molecule has 1 aliphatic rings. The van der Waals surface area contributed by atoms with E-state index in [-0.39, 0.29) is 25.0 Å². The van der Waals surface area contributed by atoms with Crippen LogP contribution in [-0.2, 0) is 23.9 Å². The molecule has 0 aromatic heterocycles. The molecule has 1 heterocycles. The number of hydrogen-bond acceptors (Lipinski definition) is 9. The maximum absolute atomic E-state index is 11.9. The normalized spacial score (nSPS) is 28.7. The first-order valence-electron chi connectivity index (χ1n) is 7.88. The molecule has 0 saturated carbocycles. The molecule has 0 radical (unpaired) electrons. The molecule has 0 spiro atoms. The minimum atomic E-state index is -1.68. The zero-order chi connectivity index (χ0) is 19.1. The molecule has 25 heavy (non-hydrogen) atoms. The third kappa shape index (κ3) is 6.01. The van der Waals surface area contributed by atoms with Crippen molar-refractivity contribution in [1.82, 2.24) is 5.32 Å². The van der Waals surface area contributed by atoms with Gasteiger partial charge in [0.15, 0.2) is 6.10 Å². The second-order valence-electron chi connectivity index (χ2n) is 5.95. The Morgan fingerprint density at radius 2 is 1.92 bits per heavy atom. The molecule has 0 aromatic carbocycles. The van der Waals surface area contributed by atoms with Crippen molar-refractivity contribution in [3.8, 4) is 0 Å². The van der Waals surface area contributed by atoms with Crippen molar-refractivity contribution in [2.45, 2.75) is 62.7 Å². The number of hydrogen-bond donors (Lipinski definition) is 5. The van der Waals surface area contributed by atoms with E-state index in [1.807, 2.05) is 0 Å². The highest BCUT2D eigenvalue weighted by molar-refractivity contribution is 5.83. The number of ketones is 1. The van der Waals surface area contributed by atoms with Crippen molar-refractivity contribution in [1.29, 1.82) is 0 Å². The van der Waals surface area contributed by atoms with Crippen molar-refractivity contribution < 1.29 is 44.3 Å². The third-order valence-corrected chi connectivity index (χ3v) is 3.96. The van der Waals surface area contributed by atoms with Crippen LogP contribution in [-0.4, -0.2) is 88.4 Å². The smallest absolute Gasteiger partial charge is 0.335 e.